The van der Waals surface area contributed by atoms with Gasteiger partial charge in [-0.15, -0.1) is 11.3 Å². The SMILES string of the molecule is CN/C(NCc1ccccc1F)=C(/F)C=NCOCc1cccs1. The molecule has 0 saturated carbocycles. The van der Waals surface area contributed by atoms with E-state index in [2.05, 4.69) is 15.6 Å². The second-order valence-corrected chi connectivity index (χ2v) is 5.82. The van der Waals surface area contributed by atoms with Gasteiger partial charge in [0.05, 0.1) is 12.8 Å². The highest BCUT2D eigenvalue weighted by Gasteiger charge is 2.05. The summed E-state index contributed by atoms with van der Waals surface area (Å²) < 4.78 is 32.9. The van der Waals surface area contributed by atoms with E-state index in [4.69, 9.17) is 4.74 Å². The van der Waals surface area contributed by atoms with E-state index in [0.29, 0.717) is 12.2 Å². The van der Waals surface area contributed by atoms with Gasteiger partial charge in [0.25, 0.3) is 0 Å². The minimum absolute atomic E-state index is 0.0651. The molecular formula is C17H19F2N3OS. The van der Waals surface area contributed by atoms with Crippen molar-refractivity contribution in [3.05, 3.63) is 69.7 Å². The third-order valence-electron chi connectivity index (χ3n) is 3.10. The summed E-state index contributed by atoms with van der Waals surface area (Å²) in [6.07, 6.45) is 1.08. The molecule has 4 nitrogen and oxygen atoms in total. The number of nitrogens with zero attached hydrogens (tertiary/aromatic N) is 1. The summed E-state index contributed by atoms with van der Waals surface area (Å²) in [6.45, 7) is 0.680. The van der Waals surface area contributed by atoms with Crippen LogP contribution in [0.2, 0.25) is 0 Å². The summed E-state index contributed by atoms with van der Waals surface area (Å²) in [7, 11) is 1.57. The smallest absolute Gasteiger partial charge is 0.180 e. The van der Waals surface area contributed by atoms with Crippen LogP contribution in [0.1, 0.15) is 10.4 Å². The Labute approximate surface area is 143 Å². The highest BCUT2D eigenvalue weighted by molar-refractivity contribution is 7.09. The van der Waals surface area contributed by atoms with Crippen LogP contribution in [0.5, 0.6) is 0 Å². The molecule has 24 heavy (non-hydrogen) atoms. The van der Waals surface area contributed by atoms with Crippen molar-refractivity contribution in [2.45, 2.75) is 13.2 Å². The summed E-state index contributed by atoms with van der Waals surface area (Å²) in [5.41, 5.74) is 0.453. The van der Waals surface area contributed by atoms with Gasteiger partial charge in [-0.1, -0.05) is 24.3 Å². The molecule has 0 aliphatic heterocycles. The third kappa shape index (κ3) is 5.75. The Hall–Kier alpha value is -2.25. The number of nitrogens with one attached hydrogen (secondary N) is 2. The number of allylic oxidation sites excluding steroid dienone is 1. The van der Waals surface area contributed by atoms with Crippen LogP contribution in [-0.2, 0) is 17.9 Å². The number of hydrogen-bond acceptors (Lipinski definition) is 5. The van der Waals surface area contributed by atoms with Crippen molar-refractivity contribution >= 4 is 17.6 Å². The maximum absolute atomic E-state index is 14.0. The van der Waals surface area contributed by atoms with Gasteiger partial charge in [0.1, 0.15) is 18.4 Å². The van der Waals surface area contributed by atoms with Gasteiger partial charge in [-0.25, -0.2) is 8.78 Å². The molecule has 128 valence electrons. The van der Waals surface area contributed by atoms with Crippen molar-refractivity contribution in [1.29, 1.82) is 0 Å². The van der Waals surface area contributed by atoms with Gasteiger partial charge >= 0.3 is 0 Å². The average Bonchev–Trinajstić information content (AvgIpc) is 3.10. The lowest BCUT2D eigenvalue weighted by Gasteiger charge is -2.11. The van der Waals surface area contributed by atoms with Crippen LogP contribution >= 0.6 is 11.3 Å². The minimum atomic E-state index is -0.575. The predicted molar refractivity (Wildman–Crippen MR) is 92.9 cm³/mol. The fourth-order valence-electron chi connectivity index (χ4n) is 1.89. The normalized spacial score (nSPS) is 12.3. The molecule has 0 atom stereocenters. The Bertz CT molecular complexity index is 687. The van der Waals surface area contributed by atoms with Gasteiger partial charge in [0, 0.05) is 24.0 Å². The highest BCUT2D eigenvalue weighted by Crippen LogP contribution is 2.09. The van der Waals surface area contributed by atoms with E-state index in [1.165, 1.54) is 6.07 Å². The van der Waals surface area contributed by atoms with E-state index in [-0.39, 0.29) is 24.9 Å². The van der Waals surface area contributed by atoms with Gasteiger partial charge in [-0.2, -0.15) is 0 Å². The highest BCUT2D eigenvalue weighted by atomic mass is 32.1. The van der Waals surface area contributed by atoms with Crippen molar-refractivity contribution in [2.75, 3.05) is 13.8 Å². The zero-order chi connectivity index (χ0) is 17.2. The molecule has 1 heterocycles. The van der Waals surface area contributed by atoms with E-state index < -0.39 is 5.83 Å². The number of halogens is 2. The van der Waals surface area contributed by atoms with Gasteiger partial charge in [-0.05, 0) is 17.5 Å². The predicted octanol–water partition coefficient (Wildman–Crippen LogP) is 3.58. The molecule has 0 fully saturated rings. The maximum atomic E-state index is 14.0. The number of aliphatic imine (C=N–C) groups is 1. The van der Waals surface area contributed by atoms with Gasteiger partial charge in [0.15, 0.2) is 5.83 Å². The molecule has 2 N–H and O–H groups in total. The monoisotopic (exact) mass is 351 g/mol. The molecule has 0 radical (unpaired) electrons. The summed E-state index contributed by atoms with van der Waals surface area (Å²) in [6, 6.07) is 10.2. The van der Waals surface area contributed by atoms with Crippen LogP contribution in [0.25, 0.3) is 0 Å². The number of benzene rings is 1. The molecule has 7 heteroatoms. The summed E-state index contributed by atoms with van der Waals surface area (Å²) in [4.78, 5) is 4.97. The lowest BCUT2D eigenvalue weighted by atomic mass is 10.2. The molecule has 1 aromatic carbocycles. The number of hydrogen-bond donors (Lipinski definition) is 2. The number of ether oxygens (including phenoxy) is 1. The molecule has 0 unspecified atom stereocenters. The summed E-state index contributed by atoms with van der Waals surface area (Å²) >= 11 is 1.59. The number of rotatable bonds is 9. The Morgan fingerprint density at radius 1 is 1.29 bits per heavy atom. The molecule has 0 amide bonds. The third-order valence-corrected chi connectivity index (χ3v) is 3.95. The lowest BCUT2D eigenvalue weighted by molar-refractivity contribution is 0.131. The fourth-order valence-corrected chi connectivity index (χ4v) is 2.53. The van der Waals surface area contributed by atoms with Gasteiger partial charge in [0.2, 0.25) is 0 Å². The van der Waals surface area contributed by atoms with E-state index >= 15 is 0 Å². The van der Waals surface area contributed by atoms with E-state index in [9.17, 15) is 8.78 Å². The van der Waals surface area contributed by atoms with Crippen LogP contribution < -0.4 is 10.6 Å². The molecule has 2 rings (SSSR count). The van der Waals surface area contributed by atoms with Crippen LogP contribution in [-0.4, -0.2) is 20.0 Å². The topological polar surface area (TPSA) is 45.7 Å². The average molecular weight is 351 g/mol. The first kappa shape index (κ1) is 18.1. The summed E-state index contributed by atoms with van der Waals surface area (Å²) in [5, 5.41) is 7.47. The van der Waals surface area contributed by atoms with Gasteiger partial charge < -0.3 is 15.4 Å². The quantitative estimate of drug-likeness (QED) is 0.536. The molecule has 0 bridgehead atoms. The van der Waals surface area contributed by atoms with Crippen molar-refractivity contribution < 1.29 is 13.5 Å². The second kappa shape index (κ2) is 9.79. The van der Waals surface area contributed by atoms with Crippen molar-refractivity contribution in [1.82, 2.24) is 10.6 Å². The largest absolute Gasteiger partial charge is 0.372 e. The first-order valence-electron chi connectivity index (χ1n) is 7.35. The Morgan fingerprint density at radius 3 is 2.83 bits per heavy atom. The zero-order valence-electron chi connectivity index (χ0n) is 13.3. The van der Waals surface area contributed by atoms with Gasteiger partial charge in [-0.3, -0.25) is 4.99 Å². The fraction of sp³-hybridized carbons (Fsp3) is 0.235. The van der Waals surface area contributed by atoms with E-state index in [1.807, 2.05) is 17.5 Å². The molecule has 1 aromatic heterocycles. The van der Waals surface area contributed by atoms with Crippen molar-refractivity contribution in [3.63, 3.8) is 0 Å². The minimum Gasteiger partial charge on any atom is -0.372 e. The zero-order valence-corrected chi connectivity index (χ0v) is 14.1. The second-order valence-electron chi connectivity index (χ2n) is 4.79. The Morgan fingerprint density at radius 2 is 2.12 bits per heavy atom. The molecule has 0 aliphatic rings. The van der Waals surface area contributed by atoms with E-state index in [1.54, 1.807) is 36.6 Å². The van der Waals surface area contributed by atoms with E-state index in [0.717, 1.165) is 11.1 Å². The maximum Gasteiger partial charge on any atom is 0.180 e. The van der Waals surface area contributed by atoms with Crippen molar-refractivity contribution in [3.8, 4) is 0 Å². The lowest BCUT2D eigenvalue weighted by Crippen LogP contribution is -2.25. The van der Waals surface area contributed by atoms with Crippen molar-refractivity contribution in [2.24, 2.45) is 4.99 Å². The molecule has 2 aromatic rings. The Kier molecular flexibility index (Phi) is 7.38. The van der Waals surface area contributed by atoms with Crippen LogP contribution in [0.15, 0.2) is 58.4 Å². The first-order valence-corrected chi connectivity index (χ1v) is 8.23. The van der Waals surface area contributed by atoms with Crippen LogP contribution in [0, 0.1) is 5.82 Å². The number of thiophene rings is 1. The molecule has 0 aliphatic carbocycles. The summed E-state index contributed by atoms with van der Waals surface area (Å²) in [5.74, 6) is -0.773. The van der Waals surface area contributed by atoms with Crippen LogP contribution in [0.3, 0.4) is 0 Å². The molecule has 0 spiro atoms. The Balaban J connectivity index is 1.82. The first-order chi connectivity index (χ1) is 11.7. The molecular weight excluding hydrogens is 332 g/mol. The standard InChI is InChI=1S/C17H19F2N3OS/c1-20-17(22-9-13-5-2-3-7-15(13)18)16(19)10-21-12-23-11-14-6-4-8-24-14/h2-8,10,20,22H,9,11-12H2,1H3/b17-16-,21-10?. The van der Waals surface area contributed by atoms with Crippen LogP contribution in [0.4, 0.5) is 8.78 Å². The molecule has 0 saturated heterocycles.